The van der Waals surface area contributed by atoms with Gasteiger partial charge in [-0.1, -0.05) is 23.7 Å². The fourth-order valence-electron chi connectivity index (χ4n) is 2.32. The minimum absolute atomic E-state index is 0.127. The van der Waals surface area contributed by atoms with Gasteiger partial charge in [-0.25, -0.2) is 4.39 Å². The van der Waals surface area contributed by atoms with Gasteiger partial charge in [0.1, 0.15) is 5.82 Å². The second-order valence-corrected chi connectivity index (χ2v) is 6.40. The third-order valence-corrected chi connectivity index (χ3v) is 4.07. The van der Waals surface area contributed by atoms with Crippen molar-refractivity contribution in [2.45, 2.75) is 25.8 Å². The summed E-state index contributed by atoms with van der Waals surface area (Å²) in [4.78, 5) is 35.4. The molecule has 0 spiro atoms. The Morgan fingerprint density at radius 3 is 2.19 bits per heavy atom. The lowest BCUT2D eigenvalue weighted by Gasteiger charge is -2.07. The van der Waals surface area contributed by atoms with Crippen LogP contribution in [-0.4, -0.2) is 24.1 Å². The van der Waals surface area contributed by atoms with Gasteiger partial charge in [0.25, 0.3) is 0 Å². The van der Waals surface area contributed by atoms with E-state index in [0.717, 1.165) is 5.56 Å². The molecule has 2 amide bonds. The molecular weight excluding hydrogens is 371 g/mol. The van der Waals surface area contributed by atoms with E-state index < -0.39 is 5.82 Å². The van der Waals surface area contributed by atoms with E-state index in [2.05, 4.69) is 10.6 Å². The van der Waals surface area contributed by atoms with Crippen LogP contribution in [0.1, 0.15) is 35.2 Å². The summed E-state index contributed by atoms with van der Waals surface area (Å²) in [6.45, 7) is 0.219. The van der Waals surface area contributed by atoms with Crippen molar-refractivity contribution in [3.8, 4) is 0 Å². The molecule has 7 heteroatoms. The van der Waals surface area contributed by atoms with Crippen molar-refractivity contribution in [1.82, 2.24) is 10.6 Å². The van der Waals surface area contributed by atoms with Crippen molar-refractivity contribution in [2.75, 3.05) is 6.54 Å². The van der Waals surface area contributed by atoms with Gasteiger partial charge in [-0.3, -0.25) is 14.4 Å². The van der Waals surface area contributed by atoms with Crippen molar-refractivity contribution in [1.29, 1.82) is 0 Å². The normalized spacial score (nSPS) is 10.3. The monoisotopic (exact) mass is 390 g/mol. The topological polar surface area (TPSA) is 75.3 Å². The number of rotatable bonds is 9. The number of benzene rings is 2. The number of carbonyl (C=O) groups excluding carboxylic acids is 3. The van der Waals surface area contributed by atoms with Gasteiger partial charge < -0.3 is 10.6 Å². The van der Waals surface area contributed by atoms with E-state index in [9.17, 15) is 18.8 Å². The minimum Gasteiger partial charge on any atom is -0.350 e. The van der Waals surface area contributed by atoms with E-state index >= 15 is 0 Å². The predicted molar refractivity (Wildman–Crippen MR) is 101 cm³/mol. The average Bonchev–Trinajstić information content (AvgIpc) is 2.66. The van der Waals surface area contributed by atoms with E-state index in [4.69, 9.17) is 11.6 Å². The number of hydrogen-bond donors (Lipinski definition) is 2. The number of amides is 2. The molecule has 0 unspecified atom stereocenters. The zero-order valence-electron chi connectivity index (χ0n) is 14.6. The highest BCUT2D eigenvalue weighted by molar-refractivity contribution is 6.30. The van der Waals surface area contributed by atoms with E-state index in [-0.39, 0.29) is 37.0 Å². The smallest absolute Gasteiger partial charge is 0.239 e. The summed E-state index contributed by atoms with van der Waals surface area (Å²) in [5, 5.41) is 5.83. The van der Waals surface area contributed by atoms with E-state index in [1.807, 2.05) is 0 Å². The van der Waals surface area contributed by atoms with Crippen molar-refractivity contribution in [2.24, 2.45) is 0 Å². The van der Waals surface area contributed by atoms with Crippen molar-refractivity contribution in [3.05, 3.63) is 70.5 Å². The van der Waals surface area contributed by atoms with Gasteiger partial charge in [0.15, 0.2) is 5.78 Å². The molecule has 0 radical (unpaired) electrons. The van der Waals surface area contributed by atoms with Crippen LogP contribution in [0.15, 0.2) is 48.5 Å². The van der Waals surface area contributed by atoms with Gasteiger partial charge in [-0.15, -0.1) is 0 Å². The zero-order valence-corrected chi connectivity index (χ0v) is 15.4. The summed E-state index contributed by atoms with van der Waals surface area (Å²) in [5.41, 5.74) is 1.32. The summed E-state index contributed by atoms with van der Waals surface area (Å²) in [5.74, 6) is -1.16. The Bertz CT molecular complexity index is 792. The van der Waals surface area contributed by atoms with Gasteiger partial charge in [-0.05, 0) is 48.4 Å². The molecule has 142 valence electrons. The minimum atomic E-state index is -0.403. The standard InChI is InChI=1S/C20H20ClFN2O3/c21-16-8-4-14(5-9-16)12-23-20(27)13-24-19(26)3-1-2-18(25)15-6-10-17(22)11-7-15/h4-11H,1-3,12-13H2,(H,23,27)(H,24,26). The van der Waals surface area contributed by atoms with Gasteiger partial charge in [0, 0.05) is 30.0 Å². The molecule has 0 heterocycles. The molecule has 2 N–H and O–H groups in total. The van der Waals surface area contributed by atoms with Crippen LogP contribution >= 0.6 is 11.6 Å². The Morgan fingerprint density at radius 2 is 1.52 bits per heavy atom. The van der Waals surface area contributed by atoms with Crippen molar-refractivity contribution < 1.29 is 18.8 Å². The largest absolute Gasteiger partial charge is 0.350 e. The molecular formula is C20H20ClFN2O3. The highest BCUT2D eigenvalue weighted by Gasteiger charge is 2.09. The molecule has 0 saturated heterocycles. The molecule has 0 atom stereocenters. The summed E-state index contributed by atoms with van der Waals surface area (Å²) in [6, 6.07) is 12.4. The first-order valence-electron chi connectivity index (χ1n) is 8.50. The Hall–Kier alpha value is -2.73. The van der Waals surface area contributed by atoms with Crippen LogP contribution in [0, 0.1) is 5.82 Å². The second kappa shape index (κ2) is 10.4. The highest BCUT2D eigenvalue weighted by atomic mass is 35.5. The van der Waals surface area contributed by atoms with Crippen LogP contribution < -0.4 is 10.6 Å². The van der Waals surface area contributed by atoms with Crippen LogP contribution in [-0.2, 0) is 16.1 Å². The van der Waals surface area contributed by atoms with Crippen LogP contribution in [0.3, 0.4) is 0 Å². The summed E-state index contributed by atoms with van der Waals surface area (Å²) >= 11 is 5.79. The van der Waals surface area contributed by atoms with Crippen molar-refractivity contribution in [3.63, 3.8) is 0 Å². The van der Waals surface area contributed by atoms with Crippen LogP contribution in [0.4, 0.5) is 4.39 Å². The Kier molecular flexibility index (Phi) is 7.95. The first-order chi connectivity index (χ1) is 12.9. The average molecular weight is 391 g/mol. The molecule has 2 rings (SSSR count). The summed E-state index contributed by atoms with van der Waals surface area (Å²) < 4.78 is 12.8. The molecule has 0 aliphatic rings. The maximum absolute atomic E-state index is 12.8. The van der Waals surface area contributed by atoms with Crippen LogP contribution in [0.2, 0.25) is 5.02 Å². The molecule has 27 heavy (non-hydrogen) atoms. The van der Waals surface area contributed by atoms with Crippen molar-refractivity contribution >= 4 is 29.2 Å². The lowest BCUT2D eigenvalue weighted by molar-refractivity contribution is -0.126. The third kappa shape index (κ3) is 7.58. The highest BCUT2D eigenvalue weighted by Crippen LogP contribution is 2.09. The Morgan fingerprint density at radius 1 is 0.852 bits per heavy atom. The maximum Gasteiger partial charge on any atom is 0.239 e. The Labute approximate surface area is 161 Å². The summed E-state index contributed by atoms with van der Waals surface area (Å²) in [7, 11) is 0. The summed E-state index contributed by atoms with van der Waals surface area (Å²) in [6.07, 6.45) is 0.674. The lowest BCUT2D eigenvalue weighted by atomic mass is 10.1. The van der Waals surface area contributed by atoms with E-state index in [1.54, 1.807) is 24.3 Å². The molecule has 5 nitrogen and oxygen atoms in total. The molecule has 2 aromatic rings. The van der Waals surface area contributed by atoms with Crippen LogP contribution in [0.25, 0.3) is 0 Å². The van der Waals surface area contributed by atoms with E-state index in [1.165, 1.54) is 24.3 Å². The van der Waals surface area contributed by atoms with Gasteiger partial charge in [0.05, 0.1) is 6.54 Å². The van der Waals surface area contributed by atoms with Crippen LogP contribution in [0.5, 0.6) is 0 Å². The second-order valence-electron chi connectivity index (χ2n) is 5.96. The molecule has 0 aliphatic carbocycles. The van der Waals surface area contributed by atoms with Gasteiger partial charge in [0.2, 0.25) is 11.8 Å². The molecule has 0 aliphatic heterocycles. The zero-order chi connectivity index (χ0) is 19.6. The predicted octanol–water partition coefficient (Wildman–Crippen LogP) is 3.26. The molecule has 0 aromatic heterocycles. The number of nitrogens with one attached hydrogen (secondary N) is 2. The number of ketones is 1. The fraction of sp³-hybridized carbons (Fsp3) is 0.250. The molecule has 0 saturated carbocycles. The number of hydrogen-bond acceptors (Lipinski definition) is 3. The number of carbonyl (C=O) groups is 3. The Balaban J connectivity index is 1.61. The number of Topliss-reactive ketones (excluding diaryl/α,β-unsaturated/α-hetero) is 1. The lowest BCUT2D eigenvalue weighted by Crippen LogP contribution is -2.36. The first kappa shape index (κ1) is 20.6. The van der Waals surface area contributed by atoms with Gasteiger partial charge >= 0.3 is 0 Å². The molecule has 0 fully saturated rings. The molecule has 0 bridgehead atoms. The number of halogens is 2. The fourth-order valence-corrected chi connectivity index (χ4v) is 2.45. The SMILES string of the molecule is O=C(CCCC(=O)c1ccc(F)cc1)NCC(=O)NCc1ccc(Cl)cc1. The maximum atomic E-state index is 12.8. The molecule has 2 aromatic carbocycles. The van der Waals surface area contributed by atoms with Gasteiger partial charge in [-0.2, -0.15) is 0 Å². The third-order valence-electron chi connectivity index (χ3n) is 3.82. The van der Waals surface area contributed by atoms with E-state index in [0.29, 0.717) is 23.6 Å². The first-order valence-corrected chi connectivity index (χ1v) is 8.88. The quantitative estimate of drug-likeness (QED) is 0.645.